The molecule has 0 radical (unpaired) electrons. The molecule has 2 aromatic rings. The van der Waals surface area contributed by atoms with Crippen LogP contribution in [0.4, 0.5) is 4.79 Å². The number of amides is 2. The Labute approximate surface area is 198 Å². The highest BCUT2D eigenvalue weighted by atomic mass is 16.5. The van der Waals surface area contributed by atoms with Crippen molar-refractivity contribution in [3.63, 3.8) is 0 Å². The van der Waals surface area contributed by atoms with Crippen molar-refractivity contribution in [1.82, 2.24) is 10.6 Å². The minimum Gasteiger partial charge on any atom is -0.481 e. The molecule has 0 heterocycles. The predicted octanol–water partition coefficient (Wildman–Crippen LogP) is 3.92. The minimum absolute atomic E-state index is 0.0215. The molecule has 0 aromatic heterocycles. The molecule has 0 saturated heterocycles. The molecule has 2 saturated carbocycles. The summed E-state index contributed by atoms with van der Waals surface area (Å²) in [6.45, 7) is 2.07. The lowest BCUT2D eigenvalue weighted by molar-refractivity contribution is -0.141. The van der Waals surface area contributed by atoms with Crippen molar-refractivity contribution in [2.75, 3.05) is 19.7 Å². The van der Waals surface area contributed by atoms with Gasteiger partial charge in [0.1, 0.15) is 6.61 Å². The van der Waals surface area contributed by atoms with Gasteiger partial charge < -0.3 is 20.5 Å². The van der Waals surface area contributed by atoms with E-state index in [-0.39, 0.29) is 36.9 Å². The van der Waals surface area contributed by atoms with E-state index in [1.54, 1.807) is 6.92 Å². The van der Waals surface area contributed by atoms with Crippen LogP contribution in [0.1, 0.15) is 49.7 Å². The zero-order chi connectivity index (χ0) is 23.9. The van der Waals surface area contributed by atoms with Crippen LogP contribution in [0, 0.1) is 16.7 Å². The Morgan fingerprint density at radius 2 is 1.65 bits per heavy atom. The third-order valence-corrected chi connectivity index (χ3v) is 8.14. The van der Waals surface area contributed by atoms with Crippen LogP contribution in [-0.2, 0) is 14.3 Å². The smallest absolute Gasteiger partial charge is 0.407 e. The Balaban J connectivity index is 1.20. The summed E-state index contributed by atoms with van der Waals surface area (Å²) in [5, 5.41) is 14.7. The van der Waals surface area contributed by atoms with Crippen LogP contribution in [0.3, 0.4) is 0 Å². The van der Waals surface area contributed by atoms with Gasteiger partial charge in [0.2, 0.25) is 5.91 Å². The predicted molar refractivity (Wildman–Crippen MR) is 126 cm³/mol. The molecule has 3 aliphatic rings. The van der Waals surface area contributed by atoms with Crippen LogP contribution < -0.4 is 10.6 Å². The first-order chi connectivity index (χ1) is 16.4. The number of carboxylic acids is 1. The lowest BCUT2D eigenvalue weighted by Crippen LogP contribution is -2.46. The van der Waals surface area contributed by atoms with Crippen molar-refractivity contribution in [3.8, 4) is 11.1 Å². The highest BCUT2D eigenvalue weighted by molar-refractivity contribution is 5.88. The Kier molecular flexibility index (Phi) is 5.58. The quantitative estimate of drug-likeness (QED) is 0.552. The van der Waals surface area contributed by atoms with E-state index in [0.717, 1.165) is 36.8 Å². The number of aliphatic carboxylic acids is 1. The summed E-state index contributed by atoms with van der Waals surface area (Å²) < 4.78 is 5.63. The summed E-state index contributed by atoms with van der Waals surface area (Å²) in [6, 6.07) is 16.3. The number of hydrogen-bond donors (Lipinski definition) is 3. The van der Waals surface area contributed by atoms with Gasteiger partial charge >= 0.3 is 12.1 Å². The molecule has 2 aromatic carbocycles. The Hall–Kier alpha value is -3.35. The highest BCUT2D eigenvalue weighted by Crippen LogP contribution is 2.73. The second kappa shape index (κ2) is 8.46. The summed E-state index contributed by atoms with van der Waals surface area (Å²) >= 11 is 0. The first kappa shape index (κ1) is 22.4. The molecule has 2 fully saturated rings. The average Bonchev–Trinajstić information content (AvgIpc) is 3.44. The maximum Gasteiger partial charge on any atom is 0.407 e. The lowest BCUT2D eigenvalue weighted by atomic mass is 9.74. The van der Waals surface area contributed by atoms with Crippen LogP contribution in [0.5, 0.6) is 0 Å². The molecule has 34 heavy (non-hydrogen) atoms. The van der Waals surface area contributed by atoms with Gasteiger partial charge in [-0.25, -0.2) is 4.79 Å². The first-order valence-corrected chi connectivity index (χ1v) is 12.0. The number of benzene rings is 2. The monoisotopic (exact) mass is 462 g/mol. The molecule has 5 rings (SSSR count). The second-order valence-corrected chi connectivity index (χ2v) is 10.0. The number of carbonyl (C=O) groups is 3. The number of nitrogens with one attached hydrogen (secondary N) is 2. The van der Waals surface area contributed by atoms with Gasteiger partial charge in [-0.1, -0.05) is 61.9 Å². The van der Waals surface area contributed by atoms with Gasteiger partial charge in [-0.05, 0) is 46.9 Å². The van der Waals surface area contributed by atoms with Crippen molar-refractivity contribution in [3.05, 3.63) is 59.7 Å². The van der Waals surface area contributed by atoms with Gasteiger partial charge in [0.05, 0.1) is 11.3 Å². The van der Waals surface area contributed by atoms with Crippen molar-refractivity contribution < 1.29 is 24.2 Å². The van der Waals surface area contributed by atoms with E-state index >= 15 is 0 Å². The topological polar surface area (TPSA) is 105 Å². The van der Waals surface area contributed by atoms with E-state index in [1.807, 2.05) is 24.3 Å². The van der Waals surface area contributed by atoms with E-state index in [4.69, 9.17) is 9.84 Å². The number of ether oxygens (including phenoxy) is 1. The Morgan fingerprint density at radius 3 is 2.18 bits per heavy atom. The normalized spacial score (nSPS) is 22.1. The van der Waals surface area contributed by atoms with Crippen molar-refractivity contribution in [1.29, 1.82) is 0 Å². The van der Waals surface area contributed by atoms with Crippen LogP contribution >= 0.6 is 0 Å². The number of fused-ring (bicyclic) bond motifs is 3. The molecule has 7 heteroatoms. The Bertz CT molecular complexity index is 1100. The molecule has 7 nitrogen and oxygen atoms in total. The van der Waals surface area contributed by atoms with E-state index in [1.165, 1.54) is 11.1 Å². The van der Waals surface area contributed by atoms with Crippen LogP contribution in [0.25, 0.3) is 11.1 Å². The highest BCUT2D eigenvalue weighted by Gasteiger charge is 2.73. The number of alkyl carbamates (subject to hydrolysis) is 1. The number of rotatable bonds is 8. The minimum atomic E-state index is -0.944. The van der Waals surface area contributed by atoms with Gasteiger partial charge in [-0.2, -0.15) is 0 Å². The van der Waals surface area contributed by atoms with Crippen LogP contribution in [0.2, 0.25) is 0 Å². The standard InChI is InChI=1S/C27H30N2O5/c1-17(23(30)31)13-28-24(32)27(15-26(27)11-6-12-26)16-29-25(33)34-14-22-20-9-4-2-7-18(20)19-8-3-5-10-21(19)22/h2-5,7-10,17,22H,6,11-16H2,1H3,(H,28,32)(H,29,33)(H,30,31). The zero-order valence-electron chi connectivity index (χ0n) is 19.3. The molecular formula is C27H30N2O5. The third-order valence-electron chi connectivity index (χ3n) is 8.14. The summed E-state index contributed by atoms with van der Waals surface area (Å²) in [7, 11) is 0. The van der Waals surface area contributed by atoms with E-state index in [2.05, 4.69) is 34.9 Å². The molecule has 1 spiro atoms. The average molecular weight is 463 g/mol. The second-order valence-electron chi connectivity index (χ2n) is 10.0. The Morgan fingerprint density at radius 1 is 1.03 bits per heavy atom. The largest absolute Gasteiger partial charge is 0.481 e. The zero-order valence-corrected chi connectivity index (χ0v) is 19.3. The third kappa shape index (κ3) is 3.63. The molecular weight excluding hydrogens is 432 g/mol. The molecule has 2 atom stereocenters. The lowest BCUT2D eigenvalue weighted by Gasteiger charge is -2.32. The molecule has 3 N–H and O–H groups in total. The summed E-state index contributed by atoms with van der Waals surface area (Å²) in [5.74, 6) is -1.79. The van der Waals surface area contributed by atoms with Gasteiger partial charge in [-0.3, -0.25) is 9.59 Å². The number of carbonyl (C=O) groups excluding carboxylic acids is 2. The van der Waals surface area contributed by atoms with E-state index < -0.39 is 23.4 Å². The molecule has 2 unspecified atom stereocenters. The SMILES string of the molecule is CC(CNC(=O)C1(CNC(=O)OCC2c3ccccc3-c3ccccc32)CC12CCC2)C(=O)O. The molecule has 0 bridgehead atoms. The summed E-state index contributed by atoms with van der Waals surface area (Å²) in [4.78, 5) is 36.8. The van der Waals surface area contributed by atoms with Crippen LogP contribution in [0.15, 0.2) is 48.5 Å². The van der Waals surface area contributed by atoms with Crippen molar-refractivity contribution in [2.45, 2.75) is 38.5 Å². The van der Waals surface area contributed by atoms with Crippen molar-refractivity contribution >= 4 is 18.0 Å². The molecule has 3 aliphatic carbocycles. The summed E-state index contributed by atoms with van der Waals surface area (Å²) in [6.07, 6.45) is 3.18. The molecule has 0 aliphatic heterocycles. The number of hydrogen-bond acceptors (Lipinski definition) is 4. The van der Waals surface area contributed by atoms with Gasteiger partial charge in [0, 0.05) is 19.0 Å². The van der Waals surface area contributed by atoms with Gasteiger partial charge in [0.15, 0.2) is 0 Å². The first-order valence-electron chi connectivity index (χ1n) is 12.0. The maximum atomic E-state index is 13.0. The van der Waals surface area contributed by atoms with Crippen molar-refractivity contribution in [2.24, 2.45) is 16.7 Å². The van der Waals surface area contributed by atoms with Crippen LogP contribution in [-0.4, -0.2) is 42.8 Å². The van der Waals surface area contributed by atoms with Gasteiger partial charge in [-0.15, -0.1) is 0 Å². The van der Waals surface area contributed by atoms with Gasteiger partial charge in [0.25, 0.3) is 0 Å². The van der Waals surface area contributed by atoms with E-state index in [9.17, 15) is 14.4 Å². The fraction of sp³-hybridized carbons (Fsp3) is 0.444. The maximum absolute atomic E-state index is 13.0. The molecule has 178 valence electrons. The number of carboxylic acid groups (broad SMARTS) is 1. The fourth-order valence-corrected chi connectivity index (χ4v) is 5.82. The molecule has 2 amide bonds. The summed E-state index contributed by atoms with van der Waals surface area (Å²) in [5.41, 5.74) is 3.90. The fourth-order valence-electron chi connectivity index (χ4n) is 5.82. The van der Waals surface area contributed by atoms with E-state index in [0.29, 0.717) is 0 Å².